The molecule has 26 heavy (non-hydrogen) atoms. The van der Waals surface area contributed by atoms with Gasteiger partial charge in [0.25, 0.3) is 5.91 Å². The summed E-state index contributed by atoms with van der Waals surface area (Å²) in [6, 6.07) is 3.09. The summed E-state index contributed by atoms with van der Waals surface area (Å²) >= 11 is 0. The topological polar surface area (TPSA) is 126 Å². The summed E-state index contributed by atoms with van der Waals surface area (Å²) in [7, 11) is 1.89. The van der Waals surface area contributed by atoms with Crippen molar-refractivity contribution in [3.8, 4) is 0 Å². The van der Waals surface area contributed by atoms with E-state index in [1.54, 1.807) is 0 Å². The third-order valence-corrected chi connectivity index (χ3v) is 3.82. The lowest BCUT2D eigenvalue weighted by atomic mass is 10.0. The molecular weight excluding hydrogens is 351 g/mol. The first kappa shape index (κ1) is 19.5. The van der Waals surface area contributed by atoms with Crippen molar-refractivity contribution < 1.29 is 18.0 Å². The number of hydrogen-bond donors (Lipinski definition) is 3. The molecule has 8 nitrogen and oxygen atoms in total. The Kier molecular flexibility index (Phi) is 5.70. The van der Waals surface area contributed by atoms with Crippen LogP contribution in [0.5, 0.6) is 0 Å². The fourth-order valence-electron chi connectivity index (χ4n) is 2.49. The largest absolute Gasteiger partial charge is 0.417 e. The summed E-state index contributed by atoms with van der Waals surface area (Å²) in [5, 5.41) is 0. The van der Waals surface area contributed by atoms with Crippen molar-refractivity contribution in [2.24, 2.45) is 27.2 Å². The Balaban J connectivity index is 2.38. The van der Waals surface area contributed by atoms with Gasteiger partial charge in [-0.2, -0.15) is 18.2 Å². The van der Waals surface area contributed by atoms with Crippen LogP contribution in [0.4, 0.5) is 18.9 Å². The highest BCUT2D eigenvalue weighted by molar-refractivity contribution is 5.97. The van der Waals surface area contributed by atoms with E-state index in [-0.39, 0.29) is 11.6 Å². The lowest BCUT2D eigenvalue weighted by molar-refractivity contribution is -0.138. The molecule has 0 saturated carbocycles. The number of hydrogen-bond acceptors (Lipinski definition) is 3. The molecule has 0 unspecified atom stereocenters. The van der Waals surface area contributed by atoms with E-state index in [2.05, 4.69) is 9.98 Å². The van der Waals surface area contributed by atoms with Crippen LogP contribution in [0.3, 0.4) is 0 Å². The van der Waals surface area contributed by atoms with Crippen LogP contribution >= 0.6 is 0 Å². The Morgan fingerprint density at radius 2 is 1.73 bits per heavy atom. The van der Waals surface area contributed by atoms with Crippen molar-refractivity contribution in [2.45, 2.75) is 6.18 Å². The van der Waals surface area contributed by atoms with Crippen LogP contribution in [0.2, 0.25) is 0 Å². The van der Waals surface area contributed by atoms with Crippen LogP contribution in [0.1, 0.15) is 15.9 Å². The van der Waals surface area contributed by atoms with E-state index in [0.29, 0.717) is 26.2 Å². The SMILES string of the molecule is CN1CCN(C(=O)c2ccc(N=C(N)N=C(N)N)cc2C(F)(F)F)CC1. The molecule has 2 rings (SSSR count). The molecule has 1 aromatic rings. The predicted molar refractivity (Wildman–Crippen MR) is 91.9 cm³/mol. The molecule has 0 atom stereocenters. The fraction of sp³-hybridized carbons (Fsp3) is 0.400. The van der Waals surface area contributed by atoms with E-state index < -0.39 is 29.2 Å². The first-order chi connectivity index (χ1) is 12.1. The number of likely N-dealkylation sites (N-methyl/N-ethyl adjacent to an activating group) is 1. The van der Waals surface area contributed by atoms with Gasteiger partial charge in [0.15, 0.2) is 5.96 Å². The van der Waals surface area contributed by atoms with E-state index in [1.165, 1.54) is 11.0 Å². The zero-order valence-corrected chi connectivity index (χ0v) is 14.1. The van der Waals surface area contributed by atoms with E-state index in [1.807, 2.05) is 11.9 Å². The van der Waals surface area contributed by atoms with Crippen LogP contribution in [-0.4, -0.2) is 60.9 Å². The number of amides is 1. The summed E-state index contributed by atoms with van der Waals surface area (Å²) in [5.74, 6) is -1.43. The number of aliphatic imine (C=N–C) groups is 2. The molecule has 0 spiro atoms. The van der Waals surface area contributed by atoms with Crippen molar-refractivity contribution >= 4 is 23.5 Å². The minimum absolute atomic E-state index is 0.116. The van der Waals surface area contributed by atoms with Gasteiger partial charge in [-0.15, -0.1) is 0 Å². The number of benzene rings is 1. The molecule has 1 saturated heterocycles. The number of nitrogens with zero attached hydrogens (tertiary/aromatic N) is 4. The molecule has 6 N–H and O–H groups in total. The highest BCUT2D eigenvalue weighted by Gasteiger charge is 2.37. The third-order valence-electron chi connectivity index (χ3n) is 3.82. The molecule has 1 heterocycles. The number of carbonyl (C=O) groups is 1. The van der Waals surface area contributed by atoms with Crippen molar-refractivity contribution in [3.05, 3.63) is 29.3 Å². The van der Waals surface area contributed by atoms with Crippen molar-refractivity contribution in [1.82, 2.24) is 9.80 Å². The van der Waals surface area contributed by atoms with Gasteiger partial charge in [-0.1, -0.05) is 0 Å². The van der Waals surface area contributed by atoms with Gasteiger partial charge in [-0.05, 0) is 25.2 Å². The zero-order chi connectivity index (χ0) is 19.5. The van der Waals surface area contributed by atoms with Crippen molar-refractivity contribution in [1.29, 1.82) is 0 Å². The summed E-state index contributed by atoms with van der Waals surface area (Å²) in [6.07, 6.45) is -4.73. The lowest BCUT2D eigenvalue weighted by Crippen LogP contribution is -2.47. The number of alkyl halides is 3. The molecule has 0 aromatic heterocycles. The molecule has 11 heteroatoms. The smallest absolute Gasteiger partial charge is 0.370 e. The predicted octanol–water partition coefficient (Wildman–Crippen LogP) is 0.313. The summed E-state index contributed by atoms with van der Waals surface area (Å²) in [4.78, 5) is 23.1. The zero-order valence-electron chi connectivity index (χ0n) is 14.1. The van der Waals surface area contributed by atoms with Gasteiger partial charge in [0.2, 0.25) is 5.96 Å². The molecule has 1 aromatic carbocycles. The quantitative estimate of drug-likeness (QED) is 0.510. The Morgan fingerprint density at radius 3 is 2.27 bits per heavy atom. The number of nitrogens with two attached hydrogens (primary N) is 3. The number of halogens is 3. The molecular formula is C15H20F3N7O. The van der Waals surface area contributed by atoms with Gasteiger partial charge in [-0.25, -0.2) is 4.99 Å². The van der Waals surface area contributed by atoms with Gasteiger partial charge in [-0.3, -0.25) is 4.79 Å². The monoisotopic (exact) mass is 371 g/mol. The first-order valence-electron chi connectivity index (χ1n) is 7.71. The van der Waals surface area contributed by atoms with Crippen LogP contribution < -0.4 is 17.2 Å². The molecule has 1 aliphatic heterocycles. The summed E-state index contributed by atoms with van der Waals surface area (Å²) in [5.41, 5.74) is 14.1. The van der Waals surface area contributed by atoms with Crippen LogP contribution in [0.15, 0.2) is 28.2 Å². The van der Waals surface area contributed by atoms with Gasteiger partial charge in [0.1, 0.15) is 0 Å². The van der Waals surface area contributed by atoms with E-state index >= 15 is 0 Å². The Labute approximate surface area is 148 Å². The van der Waals surface area contributed by atoms with Crippen LogP contribution in [-0.2, 0) is 6.18 Å². The van der Waals surface area contributed by atoms with Gasteiger partial charge < -0.3 is 27.0 Å². The van der Waals surface area contributed by atoms with Crippen LogP contribution in [0, 0.1) is 0 Å². The molecule has 1 amide bonds. The number of piperazine rings is 1. The molecule has 1 aliphatic rings. The second-order valence-electron chi connectivity index (χ2n) is 5.83. The first-order valence-corrected chi connectivity index (χ1v) is 7.71. The molecule has 1 fully saturated rings. The maximum atomic E-state index is 13.4. The van der Waals surface area contributed by atoms with E-state index in [4.69, 9.17) is 17.2 Å². The number of rotatable bonds is 2. The van der Waals surface area contributed by atoms with Crippen molar-refractivity contribution in [2.75, 3.05) is 33.2 Å². The number of guanidine groups is 2. The summed E-state index contributed by atoms with van der Waals surface area (Å²) < 4.78 is 40.3. The Hall–Kier alpha value is -2.82. The molecule has 0 bridgehead atoms. The minimum Gasteiger partial charge on any atom is -0.370 e. The van der Waals surface area contributed by atoms with E-state index in [0.717, 1.165) is 12.1 Å². The lowest BCUT2D eigenvalue weighted by Gasteiger charge is -2.33. The highest BCUT2D eigenvalue weighted by Crippen LogP contribution is 2.35. The fourth-order valence-corrected chi connectivity index (χ4v) is 2.49. The van der Waals surface area contributed by atoms with Crippen LogP contribution in [0.25, 0.3) is 0 Å². The van der Waals surface area contributed by atoms with Gasteiger partial charge in [0, 0.05) is 26.2 Å². The maximum Gasteiger partial charge on any atom is 0.417 e. The van der Waals surface area contributed by atoms with E-state index in [9.17, 15) is 18.0 Å². The molecule has 142 valence electrons. The summed E-state index contributed by atoms with van der Waals surface area (Å²) in [6.45, 7) is 1.93. The Morgan fingerprint density at radius 1 is 1.12 bits per heavy atom. The average molecular weight is 371 g/mol. The average Bonchev–Trinajstić information content (AvgIpc) is 2.53. The second kappa shape index (κ2) is 7.60. The van der Waals surface area contributed by atoms with Gasteiger partial charge >= 0.3 is 6.18 Å². The highest BCUT2D eigenvalue weighted by atomic mass is 19.4. The standard InChI is InChI=1S/C15H20F3N7O/c1-24-4-6-25(7-5-24)12(26)10-3-2-9(8-11(10)15(16,17)18)22-14(21)23-13(19)20/h2-3,8H,4-7H2,1H3,(H6,19,20,21,22,23). The number of carbonyl (C=O) groups excluding carboxylic acids is 1. The second-order valence-corrected chi connectivity index (χ2v) is 5.83. The molecule has 0 aliphatic carbocycles. The molecule has 0 radical (unpaired) electrons. The van der Waals surface area contributed by atoms with Crippen molar-refractivity contribution in [3.63, 3.8) is 0 Å². The third kappa shape index (κ3) is 4.85. The maximum absolute atomic E-state index is 13.4. The minimum atomic E-state index is -4.73. The normalized spacial score (nSPS) is 16.5. The Bertz CT molecular complexity index is 733. The van der Waals surface area contributed by atoms with Gasteiger partial charge in [0.05, 0.1) is 16.8 Å².